The average Bonchev–Trinajstić information content (AvgIpc) is 2.17. The van der Waals surface area contributed by atoms with E-state index in [0.717, 1.165) is 12.8 Å². The van der Waals surface area contributed by atoms with Gasteiger partial charge >= 0.3 is 0 Å². The molecule has 0 amide bonds. The first kappa shape index (κ1) is 12.2. The molecule has 0 heterocycles. The number of hydrogen-bond acceptors (Lipinski definition) is 1. The lowest BCUT2D eigenvalue weighted by molar-refractivity contribution is -0.141. The lowest BCUT2D eigenvalue weighted by Gasteiger charge is -2.57. The maximum absolute atomic E-state index is 10.6. The van der Waals surface area contributed by atoms with E-state index in [9.17, 15) is 5.11 Å². The van der Waals surface area contributed by atoms with Gasteiger partial charge in [0.05, 0.1) is 5.60 Å². The molecule has 0 bridgehead atoms. The molecule has 0 aromatic carbocycles. The molecule has 2 rings (SSSR count). The van der Waals surface area contributed by atoms with Crippen LogP contribution in [0.2, 0.25) is 0 Å². The van der Waals surface area contributed by atoms with Gasteiger partial charge in [-0.25, -0.2) is 0 Å². The van der Waals surface area contributed by atoms with Crippen molar-refractivity contribution in [1.82, 2.24) is 0 Å². The Kier molecular flexibility index (Phi) is 2.94. The number of rotatable bonds is 0. The van der Waals surface area contributed by atoms with Crippen molar-refractivity contribution in [3.8, 4) is 0 Å². The van der Waals surface area contributed by atoms with E-state index in [4.69, 9.17) is 0 Å². The number of fused-ring (bicyclic) bond motifs is 1. The van der Waals surface area contributed by atoms with Crippen LogP contribution in [0.3, 0.4) is 0 Å². The minimum atomic E-state index is -0.443. The molecule has 3 atom stereocenters. The first-order valence-electron chi connectivity index (χ1n) is 6.71. The van der Waals surface area contributed by atoms with Gasteiger partial charge in [-0.15, -0.1) is 0 Å². The van der Waals surface area contributed by atoms with Crippen LogP contribution in [-0.2, 0) is 0 Å². The van der Waals surface area contributed by atoms with Crippen LogP contribution in [0.15, 0.2) is 11.6 Å². The zero-order valence-corrected chi connectivity index (χ0v) is 11.2. The molecule has 0 aromatic heterocycles. The van der Waals surface area contributed by atoms with Crippen LogP contribution in [0, 0.1) is 17.3 Å². The Labute approximate surface area is 99.9 Å². The Morgan fingerprint density at radius 1 is 1.25 bits per heavy atom. The first-order valence-corrected chi connectivity index (χ1v) is 6.71. The topological polar surface area (TPSA) is 20.2 Å². The van der Waals surface area contributed by atoms with Crippen LogP contribution in [0.1, 0.15) is 59.8 Å². The fraction of sp³-hybridized carbons (Fsp3) is 0.867. The van der Waals surface area contributed by atoms with Crippen molar-refractivity contribution in [1.29, 1.82) is 0 Å². The van der Waals surface area contributed by atoms with Crippen molar-refractivity contribution < 1.29 is 5.11 Å². The third-order valence-corrected chi connectivity index (χ3v) is 5.03. The van der Waals surface area contributed by atoms with Gasteiger partial charge in [0.1, 0.15) is 0 Å². The van der Waals surface area contributed by atoms with Gasteiger partial charge in [0.15, 0.2) is 0 Å². The molecule has 0 radical (unpaired) electrons. The third kappa shape index (κ3) is 2.07. The highest BCUT2D eigenvalue weighted by molar-refractivity contribution is 5.08. The molecule has 1 saturated carbocycles. The summed E-state index contributed by atoms with van der Waals surface area (Å²) >= 11 is 0. The van der Waals surface area contributed by atoms with Crippen LogP contribution in [0.5, 0.6) is 0 Å². The van der Waals surface area contributed by atoms with Crippen molar-refractivity contribution >= 4 is 0 Å². The summed E-state index contributed by atoms with van der Waals surface area (Å²) in [5.74, 6) is 1.24. The van der Waals surface area contributed by atoms with E-state index in [1.165, 1.54) is 24.8 Å². The van der Waals surface area contributed by atoms with E-state index >= 15 is 0 Å². The fourth-order valence-corrected chi connectivity index (χ4v) is 3.77. The zero-order valence-electron chi connectivity index (χ0n) is 11.2. The number of aliphatic hydroxyl groups is 1. The second kappa shape index (κ2) is 3.87. The molecule has 92 valence electrons. The van der Waals surface area contributed by atoms with Gasteiger partial charge in [0.2, 0.25) is 0 Å². The molecule has 1 fully saturated rings. The summed E-state index contributed by atoms with van der Waals surface area (Å²) in [5, 5.41) is 10.6. The minimum absolute atomic E-state index is 0.443. The smallest absolute Gasteiger partial charge is 0.0653 e. The SMILES string of the molecule is C/C1=C\CC[C@@](C)(O)C2CC(C)(C)C2CC1. The second-order valence-corrected chi connectivity index (χ2v) is 6.89. The molecule has 1 N–H and O–H groups in total. The van der Waals surface area contributed by atoms with Crippen LogP contribution in [0.25, 0.3) is 0 Å². The predicted octanol–water partition coefficient (Wildman–Crippen LogP) is 3.92. The number of hydrogen-bond donors (Lipinski definition) is 1. The van der Waals surface area contributed by atoms with Crippen molar-refractivity contribution in [2.24, 2.45) is 17.3 Å². The maximum atomic E-state index is 10.6. The summed E-state index contributed by atoms with van der Waals surface area (Å²) in [5.41, 5.74) is 1.51. The summed E-state index contributed by atoms with van der Waals surface area (Å²) in [7, 11) is 0. The number of allylic oxidation sites excluding steroid dienone is 2. The first-order chi connectivity index (χ1) is 7.33. The van der Waals surface area contributed by atoms with Crippen molar-refractivity contribution in [2.45, 2.75) is 65.4 Å². The summed E-state index contributed by atoms with van der Waals surface area (Å²) < 4.78 is 0. The lowest BCUT2D eigenvalue weighted by atomic mass is 9.50. The molecule has 16 heavy (non-hydrogen) atoms. The molecule has 0 aromatic rings. The van der Waals surface area contributed by atoms with Gasteiger partial charge in [-0.1, -0.05) is 25.5 Å². The fourth-order valence-electron chi connectivity index (χ4n) is 3.77. The van der Waals surface area contributed by atoms with Crippen LogP contribution in [0.4, 0.5) is 0 Å². The van der Waals surface area contributed by atoms with E-state index in [2.05, 4.69) is 33.8 Å². The van der Waals surface area contributed by atoms with Gasteiger partial charge in [0, 0.05) is 0 Å². The highest BCUT2D eigenvalue weighted by Gasteiger charge is 2.53. The summed E-state index contributed by atoms with van der Waals surface area (Å²) in [6.07, 6.45) is 7.98. The Balaban J connectivity index is 2.18. The van der Waals surface area contributed by atoms with Crippen LogP contribution >= 0.6 is 0 Å². The molecule has 1 nitrogen and oxygen atoms in total. The molecule has 2 aliphatic rings. The average molecular weight is 222 g/mol. The molecule has 0 saturated heterocycles. The molecule has 0 aliphatic heterocycles. The Morgan fingerprint density at radius 2 is 1.94 bits per heavy atom. The maximum Gasteiger partial charge on any atom is 0.0653 e. The second-order valence-electron chi connectivity index (χ2n) is 6.89. The zero-order chi connectivity index (χ0) is 12.0. The van der Waals surface area contributed by atoms with E-state index < -0.39 is 5.60 Å². The highest BCUT2D eigenvalue weighted by atomic mass is 16.3. The summed E-state index contributed by atoms with van der Waals surface area (Å²) in [6.45, 7) is 9.01. The van der Waals surface area contributed by atoms with Gasteiger partial charge in [0.25, 0.3) is 0 Å². The van der Waals surface area contributed by atoms with Gasteiger partial charge < -0.3 is 5.11 Å². The Bertz CT molecular complexity index is 299. The van der Waals surface area contributed by atoms with E-state index in [1.54, 1.807) is 0 Å². The quantitative estimate of drug-likeness (QED) is 0.616. The van der Waals surface area contributed by atoms with E-state index in [1.807, 2.05) is 0 Å². The van der Waals surface area contributed by atoms with E-state index in [-0.39, 0.29) is 0 Å². The molecule has 2 aliphatic carbocycles. The Morgan fingerprint density at radius 3 is 2.56 bits per heavy atom. The van der Waals surface area contributed by atoms with E-state index in [0.29, 0.717) is 17.3 Å². The lowest BCUT2D eigenvalue weighted by Crippen LogP contribution is -2.54. The summed E-state index contributed by atoms with van der Waals surface area (Å²) in [6, 6.07) is 0. The standard InChI is InChI=1S/C15H26O/c1-11-6-5-9-15(4,16)13-10-14(2,3)12(13)8-7-11/h6,12-13,16H,5,7-10H2,1-4H3/b11-6+/t12?,13?,15-/m1/s1. The molecular weight excluding hydrogens is 196 g/mol. The van der Waals surface area contributed by atoms with Gasteiger partial charge in [-0.3, -0.25) is 0 Å². The summed E-state index contributed by atoms with van der Waals surface area (Å²) in [4.78, 5) is 0. The van der Waals surface area contributed by atoms with Crippen molar-refractivity contribution in [2.75, 3.05) is 0 Å². The monoisotopic (exact) mass is 222 g/mol. The minimum Gasteiger partial charge on any atom is -0.390 e. The largest absolute Gasteiger partial charge is 0.390 e. The van der Waals surface area contributed by atoms with Crippen molar-refractivity contribution in [3.05, 3.63) is 11.6 Å². The van der Waals surface area contributed by atoms with Crippen molar-refractivity contribution in [3.63, 3.8) is 0 Å². The molecule has 1 heteroatoms. The third-order valence-electron chi connectivity index (χ3n) is 5.03. The highest BCUT2D eigenvalue weighted by Crippen LogP contribution is 2.58. The molecule has 2 unspecified atom stereocenters. The normalized spacial score (nSPS) is 46.4. The molecular formula is C15H26O. The van der Waals surface area contributed by atoms with Crippen LogP contribution < -0.4 is 0 Å². The van der Waals surface area contributed by atoms with Gasteiger partial charge in [-0.2, -0.15) is 0 Å². The van der Waals surface area contributed by atoms with Gasteiger partial charge in [-0.05, 0) is 63.2 Å². The predicted molar refractivity (Wildman–Crippen MR) is 68.2 cm³/mol. The molecule has 0 spiro atoms. The van der Waals surface area contributed by atoms with Crippen LogP contribution in [-0.4, -0.2) is 10.7 Å². The Hall–Kier alpha value is -0.300.